The Bertz CT molecular complexity index is 1330. The number of aryl methyl sites for hydroxylation is 3. The van der Waals surface area contributed by atoms with Crippen LogP contribution in [0.25, 0.3) is 0 Å². The molecule has 0 saturated heterocycles. The van der Waals surface area contributed by atoms with E-state index >= 15 is 0 Å². The molecule has 0 saturated carbocycles. The maximum Gasteiger partial charge on any atom is 0.266 e. The van der Waals surface area contributed by atoms with Crippen LogP contribution in [0.1, 0.15) is 59.1 Å². The van der Waals surface area contributed by atoms with Crippen molar-refractivity contribution in [3.63, 3.8) is 0 Å². The summed E-state index contributed by atoms with van der Waals surface area (Å²) in [6.45, 7) is 7.15. The molecule has 2 heterocycles. The Labute approximate surface area is 178 Å². The summed E-state index contributed by atoms with van der Waals surface area (Å²) in [4.78, 5) is 39.9. The van der Waals surface area contributed by atoms with Crippen molar-refractivity contribution in [2.75, 3.05) is 10.2 Å². The molecule has 0 fully saturated rings. The van der Waals surface area contributed by atoms with Crippen molar-refractivity contribution in [3.8, 4) is 6.07 Å². The van der Waals surface area contributed by atoms with Crippen molar-refractivity contribution in [1.29, 1.82) is 5.26 Å². The van der Waals surface area contributed by atoms with E-state index in [4.69, 9.17) is 4.42 Å². The summed E-state index contributed by atoms with van der Waals surface area (Å²) in [5, 5.41) is 11.9. The molecule has 1 aliphatic heterocycles. The second-order valence-electron chi connectivity index (χ2n) is 7.55. The maximum absolute atomic E-state index is 13.1. The lowest BCUT2D eigenvalue weighted by atomic mass is 10.1. The van der Waals surface area contributed by atoms with E-state index in [-0.39, 0.29) is 28.1 Å². The molecule has 2 aromatic carbocycles. The van der Waals surface area contributed by atoms with E-state index in [2.05, 4.69) is 5.32 Å². The number of nitrogens with one attached hydrogen (secondary N) is 1. The molecule has 0 aliphatic carbocycles. The van der Waals surface area contributed by atoms with E-state index in [0.717, 1.165) is 16.0 Å². The molecule has 0 bridgehead atoms. The van der Waals surface area contributed by atoms with Gasteiger partial charge in [-0.25, -0.2) is 4.90 Å². The van der Waals surface area contributed by atoms with Crippen molar-refractivity contribution < 1.29 is 18.8 Å². The highest BCUT2D eigenvalue weighted by Crippen LogP contribution is 2.32. The topological polar surface area (TPSA) is 103 Å². The lowest BCUT2D eigenvalue weighted by Crippen LogP contribution is -2.30. The minimum Gasteiger partial charge on any atom is -0.444 e. The standard InChI is InChI=1S/C24H19N3O4/c1-12-5-6-13(2)20(9-12)27-23(29)17-8-7-16(10-18(17)24(27)30)21(28)26-22-19(11-25)14(3)15(4)31-22/h5-10H,1-4H3,(H,26,28). The van der Waals surface area contributed by atoms with E-state index < -0.39 is 17.7 Å². The zero-order valence-electron chi connectivity index (χ0n) is 17.5. The van der Waals surface area contributed by atoms with Crippen LogP contribution in [-0.2, 0) is 0 Å². The highest BCUT2D eigenvalue weighted by atomic mass is 16.4. The third-order valence-corrected chi connectivity index (χ3v) is 5.48. The van der Waals surface area contributed by atoms with Crippen LogP contribution in [0.4, 0.5) is 11.6 Å². The van der Waals surface area contributed by atoms with E-state index in [1.165, 1.54) is 18.2 Å². The molecule has 0 atom stereocenters. The van der Waals surface area contributed by atoms with Crippen molar-refractivity contribution in [1.82, 2.24) is 0 Å². The summed E-state index contributed by atoms with van der Waals surface area (Å²) in [6, 6.07) is 11.9. The Hall–Kier alpha value is -4.18. The number of carbonyl (C=O) groups excluding carboxylic acids is 3. The molecule has 1 N–H and O–H groups in total. The van der Waals surface area contributed by atoms with Gasteiger partial charge in [-0.15, -0.1) is 0 Å². The fraction of sp³-hybridized carbons (Fsp3) is 0.167. The third-order valence-electron chi connectivity index (χ3n) is 5.48. The zero-order chi connectivity index (χ0) is 22.4. The zero-order valence-corrected chi connectivity index (χ0v) is 17.5. The van der Waals surface area contributed by atoms with Gasteiger partial charge in [-0.05, 0) is 63.1 Å². The smallest absolute Gasteiger partial charge is 0.266 e. The lowest BCUT2D eigenvalue weighted by Gasteiger charge is -2.17. The number of nitriles is 1. The van der Waals surface area contributed by atoms with Gasteiger partial charge in [0.1, 0.15) is 17.4 Å². The van der Waals surface area contributed by atoms with Crippen LogP contribution in [0.3, 0.4) is 0 Å². The highest BCUT2D eigenvalue weighted by Gasteiger charge is 2.38. The van der Waals surface area contributed by atoms with Gasteiger partial charge in [0.2, 0.25) is 5.88 Å². The van der Waals surface area contributed by atoms with Crippen LogP contribution in [-0.4, -0.2) is 17.7 Å². The number of rotatable bonds is 3. The number of hydrogen-bond acceptors (Lipinski definition) is 5. The highest BCUT2D eigenvalue weighted by molar-refractivity contribution is 6.35. The Balaban J connectivity index is 1.68. The summed E-state index contributed by atoms with van der Waals surface area (Å²) in [5.74, 6) is -0.859. The van der Waals surface area contributed by atoms with Crippen LogP contribution in [0.5, 0.6) is 0 Å². The average Bonchev–Trinajstić information content (AvgIpc) is 3.15. The minimum atomic E-state index is -0.543. The van der Waals surface area contributed by atoms with Crippen LogP contribution in [0.2, 0.25) is 0 Å². The predicted octanol–water partition coefficient (Wildman–Crippen LogP) is 4.44. The van der Waals surface area contributed by atoms with E-state index in [1.54, 1.807) is 19.9 Å². The molecule has 7 nitrogen and oxygen atoms in total. The van der Waals surface area contributed by atoms with E-state index in [0.29, 0.717) is 17.0 Å². The normalized spacial score (nSPS) is 12.7. The Morgan fingerprint density at radius 3 is 2.42 bits per heavy atom. The molecule has 1 aromatic heterocycles. The molecule has 4 rings (SSSR count). The predicted molar refractivity (Wildman–Crippen MR) is 114 cm³/mol. The molecule has 0 radical (unpaired) electrons. The Morgan fingerprint density at radius 1 is 1.00 bits per heavy atom. The lowest BCUT2D eigenvalue weighted by molar-refractivity contribution is 0.0925. The molecular formula is C24H19N3O4. The number of imide groups is 1. The number of nitrogens with zero attached hydrogens (tertiary/aromatic N) is 2. The molecule has 7 heteroatoms. The second kappa shape index (κ2) is 7.26. The van der Waals surface area contributed by atoms with Gasteiger partial charge in [0.15, 0.2) is 0 Å². The fourth-order valence-corrected chi connectivity index (χ4v) is 3.59. The quantitative estimate of drug-likeness (QED) is 0.640. The second-order valence-corrected chi connectivity index (χ2v) is 7.55. The summed E-state index contributed by atoms with van der Waals surface area (Å²) in [7, 11) is 0. The summed E-state index contributed by atoms with van der Waals surface area (Å²) < 4.78 is 5.47. The third kappa shape index (κ3) is 3.19. The molecule has 3 aromatic rings. The van der Waals surface area contributed by atoms with Crippen LogP contribution < -0.4 is 10.2 Å². The van der Waals surface area contributed by atoms with Crippen molar-refractivity contribution in [3.05, 3.63) is 81.1 Å². The molecular weight excluding hydrogens is 394 g/mol. The molecule has 1 aliphatic rings. The number of benzene rings is 2. The van der Waals surface area contributed by atoms with Gasteiger partial charge < -0.3 is 4.42 Å². The molecule has 154 valence electrons. The van der Waals surface area contributed by atoms with Gasteiger partial charge in [-0.1, -0.05) is 12.1 Å². The molecule has 3 amide bonds. The van der Waals surface area contributed by atoms with Crippen LogP contribution in [0.15, 0.2) is 40.8 Å². The summed E-state index contributed by atoms with van der Waals surface area (Å²) in [6.07, 6.45) is 0. The minimum absolute atomic E-state index is 0.0578. The SMILES string of the molecule is Cc1ccc(C)c(N2C(=O)c3ccc(C(=O)Nc4oc(C)c(C)c4C#N)cc3C2=O)c1. The maximum atomic E-state index is 13.1. The van der Waals surface area contributed by atoms with Crippen molar-refractivity contribution in [2.24, 2.45) is 0 Å². The van der Waals surface area contributed by atoms with Gasteiger partial charge in [0, 0.05) is 11.1 Å². The molecule has 0 spiro atoms. The van der Waals surface area contributed by atoms with Crippen LogP contribution in [0, 0.1) is 39.0 Å². The summed E-state index contributed by atoms with van der Waals surface area (Å²) in [5.41, 5.74) is 3.72. The van der Waals surface area contributed by atoms with E-state index in [1.807, 2.05) is 32.0 Å². The largest absolute Gasteiger partial charge is 0.444 e. The van der Waals surface area contributed by atoms with Gasteiger partial charge >= 0.3 is 0 Å². The van der Waals surface area contributed by atoms with E-state index in [9.17, 15) is 19.6 Å². The molecule has 0 unspecified atom stereocenters. The number of furan rings is 1. The molecule has 31 heavy (non-hydrogen) atoms. The average molecular weight is 413 g/mol. The van der Waals surface area contributed by atoms with Crippen molar-refractivity contribution in [2.45, 2.75) is 27.7 Å². The first-order chi connectivity index (χ1) is 14.7. The Morgan fingerprint density at radius 2 is 1.71 bits per heavy atom. The number of amides is 3. The first kappa shape index (κ1) is 20.1. The number of anilines is 2. The van der Waals surface area contributed by atoms with Gasteiger partial charge in [0.05, 0.1) is 16.8 Å². The number of hydrogen-bond donors (Lipinski definition) is 1. The monoisotopic (exact) mass is 413 g/mol. The first-order valence-corrected chi connectivity index (χ1v) is 9.64. The fourth-order valence-electron chi connectivity index (χ4n) is 3.59. The van der Waals surface area contributed by atoms with Gasteiger partial charge in [-0.2, -0.15) is 5.26 Å². The van der Waals surface area contributed by atoms with Gasteiger partial charge in [0.25, 0.3) is 17.7 Å². The number of fused-ring (bicyclic) bond motifs is 1. The first-order valence-electron chi connectivity index (χ1n) is 9.64. The summed E-state index contributed by atoms with van der Waals surface area (Å²) >= 11 is 0. The van der Waals surface area contributed by atoms with Crippen molar-refractivity contribution >= 4 is 29.3 Å². The van der Waals surface area contributed by atoms with Crippen LogP contribution >= 0.6 is 0 Å². The van der Waals surface area contributed by atoms with Gasteiger partial charge in [-0.3, -0.25) is 19.7 Å². The Kier molecular flexibility index (Phi) is 4.71. The number of carbonyl (C=O) groups is 3.